The van der Waals surface area contributed by atoms with Crippen LogP contribution in [-0.2, 0) is 0 Å². The highest BCUT2D eigenvalue weighted by molar-refractivity contribution is 6.19. The molecule has 2 heterocycles. The van der Waals surface area contributed by atoms with Crippen LogP contribution in [0.1, 0.15) is 41.3 Å². The molecule has 0 N–H and O–H groups in total. The maximum absolute atomic E-state index is 5.19. The Kier molecular flexibility index (Phi) is 9.10. The van der Waals surface area contributed by atoms with Crippen LogP contribution in [0.5, 0.6) is 0 Å². The molecule has 0 spiro atoms. The van der Waals surface area contributed by atoms with Gasteiger partial charge >= 0.3 is 0 Å². The van der Waals surface area contributed by atoms with Crippen molar-refractivity contribution in [2.45, 2.75) is 19.0 Å². The standard InChI is InChI=1S/C49H36N5/c1-5-16-34(17-6-1)38-24-13-27-41(30-38)45-33-44(35-18-7-2-8-19-35)50-48(51-45)42-28-14-25-39(31-42)40-26-15-29-43(32-40)49-53-46(36-20-9-3-10-21-36)52-47(54-49)37-22-11-4-12-23-37/h2-5,7-33,46H,1,6H2/q-1. The van der Waals surface area contributed by atoms with Gasteiger partial charge in [-0.3, -0.25) is 4.99 Å². The number of hydrogen-bond donors (Lipinski definition) is 0. The molecule has 1 aromatic heterocycles. The monoisotopic (exact) mass is 694 g/mol. The Hall–Kier alpha value is -6.98. The van der Waals surface area contributed by atoms with Gasteiger partial charge in [-0.05, 0) is 76.1 Å². The van der Waals surface area contributed by atoms with Crippen LogP contribution >= 0.6 is 0 Å². The van der Waals surface area contributed by atoms with Crippen LogP contribution in [0.3, 0.4) is 0 Å². The average Bonchev–Trinajstić information content (AvgIpc) is 3.27. The SMILES string of the molecule is C1=CC(c2cccc(-c3cc(-c4ccccc4)nc(-c4cccc(-c5cccc(C6=NC(c7ccccc7)=NC(c7ccccc7)[N-]6)c5)c4)n3)c2)=CCC1. The maximum atomic E-state index is 5.19. The van der Waals surface area contributed by atoms with Crippen LogP contribution in [0.2, 0.25) is 0 Å². The van der Waals surface area contributed by atoms with Crippen LogP contribution in [0, 0.1) is 0 Å². The van der Waals surface area contributed by atoms with E-state index >= 15 is 0 Å². The molecular weight excluding hydrogens is 659 g/mol. The number of nitrogens with zero attached hydrogens (tertiary/aromatic N) is 5. The molecular formula is C49H36N5-. The Morgan fingerprint density at radius 1 is 0.463 bits per heavy atom. The van der Waals surface area contributed by atoms with Gasteiger partial charge in [-0.15, -0.1) is 0 Å². The Morgan fingerprint density at radius 2 is 1.02 bits per heavy atom. The highest BCUT2D eigenvalue weighted by Crippen LogP contribution is 2.34. The third-order valence-corrected chi connectivity index (χ3v) is 9.69. The molecule has 0 bridgehead atoms. The minimum atomic E-state index is -0.388. The molecule has 1 aliphatic carbocycles. The van der Waals surface area contributed by atoms with E-state index in [0.717, 1.165) is 68.7 Å². The van der Waals surface area contributed by atoms with E-state index in [9.17, 15) is 0 Å². The number of benzene rings is 6. The number of hydrogen-bond acceptors (Lipinski definition) is 4. The molecule has 1 unspecified atom stereocenters. The van der Waals surface area contributed by atoms with Gasteiger partial charge in [0.25, 0.3) is 0 Å². The summed E-state index contributed by atoms with van der Waals surface area (Å²) in [5, 5.41) is 5.05. The molecule has 0 fully saturated rings. The fraction of sp³-hybridized carbons (Fsp3) is 0.0612. The summed E-state index contributed by atoms with van der Waals surface area (Å²) in [7, 11) is 0. The van der Waals surface area contributed by atoms with Crippen LogP contribution in [0.4, 0.5) is 0 Å². The second-order valence-corrected chi connectivity index (χ2v) is 13.4. The lowest BCUT2D eigenvalue weighted by Crippen LogP contribution is -2.15. The predicted octanol–water partition coefficient (Wildman–Crippen LogP) is 12.2. The molecule has 0 radical (unpaired) electrons. The first-order valence-corrected chi connectivity index (χ1v) is 18.3. The van der Waals surface area contributed by atoms with E-state index < -0.39 is 0 Å². The van der Waals surface area contributed by atoms with E-state index in [-0.39, 0.29) is 6.17 Å². The third-order valence-electron chi connectivity index (χ3n) is 9.69. The van der Waals surface area contributed by atoms with E-state index in [4.69, 9.17) is 25.3 Å². The number of aromatic nitrogens is 2. The second kappa shape index (κ2) is 14.9. The second-order valence-electron chi connectivity index (χ2n) is 13.4. The highest BCUT2D eigenvalue weighted by atomic mass is 15.2. The molecule has 0 saturated carbocycles. The van der Waals surface area contributed by atoms with Crippen molar-refractivity contribution in [2.24, 2.45) is 9.98 Å². The maximum Gasteiger partial charge on any atom is 0.160 e. The molecule has 54 heavy (non-hydrogen) atoms. The molecule has 6 aromatic carbocycles. The largest absolute Gasteiger partial charge is 0.438 e. The van der Waals surface area contributed by atoms with Crippen molar-refractivity contribution in [3.63, 3.8) is 0 Å². The van der Waals surface area contributed by atoms with E-state index in [0.29, 0.717) is 17.5 Å². The first kappa shape index (κ1) is 32.9. The summed E-state index contributed by atoms with van der Waals surface area (Å²) in [6, 6.07) is 58.2. The molecule has 0 amide bonds. The van der Waals surface area contributed by atoms with Gasteiger partial charge in [-0.25, -0.2) is 9.97 Å². The molecule has 258 valence electrons. The van der Waals surface area contributed by atoms with E-state index in [1.807, 2.05) is 66.7 Å². The van der Waals surface area contributed by atoms with Crippen molar-refractivity contribution in [3.8, 4) is 45.0 Å². The van der Waals surface area contributed by atoms with Crippen molar-refractivity contribution < 1.29 is 0 Å². The Bertz CT molecular complexity index is 2570. The van der Waals surface area contributed by atoms with Crippen LogP contribution < -0.4 is 0 Å². The summed E-state index contributed by atoms with van der Waals surface area (Å²) >= 11 is 0. The van der Waals surface area contributed by atoms with Crippen LogP contribution in [0.15, 0.2) is 198 Å². The summed E-state index contributed by atoms with van der Waals surface area (Å²) in [4.78, 5) is 20.3. The van der Waals surface area contributed by atoms with E-state index in [2.05, 4.69) is 121 Å². The molecule has 0 saturated heterocycles. The minimum Gasteiger partial charge on any atom is -0.438 e. The summed E-state index contributed by atoms with van der Waals surface area (Å²) in [6.07, 6.45) is 8.54. The predicted molar refractivity (Wildman–Crippen MR) is 222 cm³/mol. The van der Waals surface area contributed by atoms with Crippen LogP contribution in [0.25, 0.3) is 55.9 Å². The zero-order valence-electron chi connectivity index (χ0n) is 29.6. The first-order valence-electron chi connectivity index (χ1n) is 18.3. The van der Waals surface area contributed by atoms with E-state index in [1.54, 1.807) is 0 Å². The molecule has 5 heteroatoms. The quantitative estimate of drug-likeness (QED) is 0.159. The minimum absolute atomic E-state index is 0.388. The Labute approximate surface area is 315 Å². The van der Waals surface area contributed by atoms with Gasteiger partial charge in [-0.1, -0.05) is 170 Å². The third kappa shape index (κ3) is 7.08. The number of allylic oxidation sites excluding steroid dienone is 4. The molecule has 1 atom stereocenters. The van der Waals surface area contributed by atoms with E-state index in [1.165, 1.54) is 11.1 Å². The van der Waals surface area contributed by atoms with Gasteiger partial charge in [0.2, 0.25) is 0 Å². The highest BCUT2D eigenvalue weighted by Gasteiger charge is 2.15. The van der Waals surface area contributed by atoms with Crippen molar-refractivity contribution in [1.29, 1.82) is 0 Å². The lowest BCUT2D eigenvalue weighted by Gasteiger charge is -2.32. The van der Waals surface area contributed by atoms with Gasteiger partial charge in [-0.2, -0.15) is 0 Å². The molecule has 2 aliphatic rings. The summed E-state index contributed by atoms with van der Waals surface area (Å²) in [5.74, 6) is 2.00. The van der Waals surface area contributed by atoms with Crippen molar-refractivity contribution in [3.05, 3.63) is 216 Å². The van der Waals surface area contributed by atoms with Gasteiger partial charge in [0, 0.05) is 16.7 Å². The fourth-order valence-corrected chi connectivity index (χ4v) is 6.90. The van der Waals surface area contributed by atoms with Crippen LogP contribution in [-0.4, -0.2) is 21.6 Å². The van der Waals surface area contributed by atoms with Crippen molar-refractivity contribution in [2.75, 3.05) is 0 Å². The normalized spacial score (nSPS) is 15.1. The average molecular weight is 695 g/mol. The number of rotatable bonds is 8. The fourth-order valence-electron chi connectivity index (χ4n) is 6.90. The summed E-state index contributed by atoms with van der Waals surface area (Å²) < 4.78 is 0. The van der Waals surface area contributed by atoms with Crippen molar-refractivity contribution >= 4 is 17.2 Å². The Morgan fingerprint density at radius 3 is 1.72 bits per heavy atom. The molecule has 1 aliphatic heterocycles. The number of amidine groups is 2. The summed E-state index contributed by atoms with van der Waals surface area (Å²) in [5.41, 5.74) is 12.3. The lowest BCUT2D eigenvalue weighted by atomic mass is 9.97. The zero-order valence-corrected chi connectivity index (χ0v) is 29.6. The molecule has 7 aromatic rings. The Balaban J connectivity index is 1.09. The zero-order chi connectivity index (χ0) is 36.1. The van der Waals surface area contributed by atoms with Gasteiger partial charge < -0.3 is 10.3 Å². The molecule has 5 nitrogen and oxygen atoms in total. The van der Waals surface area contributed by atoms with Gasteiger partial charge in [0.1, 0.15) is 0 Å². The first-order chi connectivity index (χ1) is 26.7. The smallest absolute Gasteiger partial charge is 0.160 e. The van der Waals surface area contributed by atoms with Crippen molar-refractivity contribution in [1.82, 2.24) is 9.97 Å². The van der Waals surface area contributed by atoms with Gasteiger partial charge in [0.15, 0.2) is 5.82 Å². The van der Waals surface area contributed by atoms with Gasteiger partial charge in [0.05, 0.1) is 23.4 Å². The summed E-state index contributed by atoms with van der Waals surface area (Å²) in [6.45, 7) is 0. The topological polar surface area (TPSA) is 64.6 Å². The lowest BCUT2D eigenvalue weighted by molar-refractivity contribution is 0.878. The number of aliphatic imine (C=N–C) groups is 2. The molecule has 9 rings (SSSR count).